The van der Waals surface area contributed by atoms with Gasteiger partial charge in [0.25, 0.3) is 5.91 Å². The van der Waals surface area contributed by atoms with Crippen LogP contribution in [0.15, 0.2) is 73.1 Å². The summed E-state index contributed by atoms with van der Waals surface area (Å²) in [7, 11) is 0. The Morgan fingerprint density at radius 2 is 1.73 bits per heavy atom. The lowest BCUT2D eigenvalue weighted by atomic mass is 10.1. The van der Waals surface area contributed by atoms with E-state index in [0.717, 1.165) is 0 Å². The van der Waals surface area contributed by atoms with Gasteiger partial charge in [0.1, 0.15) is 11.9 Å². The Labute approximate surface area is 182 Å². The summed E-state index contributed by atoms with van der Waals surface area (Å²) in [6.45, 7) is 0. The first kappa shape index (κ1) is 21.5. The highest BCUT2D eigenvalue weighted by atomic mass is 35.5. The molecular formula is C22H16Cl2FN3O2. The van der Waals surface area contributed by atoms with Crippen LogP contribution in [-0.4, -0.2) is 16.8 Å². The minimum absolute atomic E-state index is 0.363. The zero-order valence-corrected chi connectivity index (χ0v) is 17.0. The number of pyridine rings is 1. The summed E-state index contributed by atoms with van der Waals surface area (Å²) in [4.78, 5) is 29.3. The van der Waals surface area contributed by atoms with Gasteiger partial charge in [-0.05, 0) is 48.0 Å². The molecule has 0 bridgehead atoms. The van der Waals surface area contributed by atoms with Crippen LogP contribution in [0.25, 0.3) is 6.08 Å². The van der Waals surface area contributed by atoms with Crippen molar-refractivity contribution in [3.8, 4) is 0 Å². The van der Waals surface area contributed by atoms with E-state index in [4.69, 9.17) is 23.2 Å². The number of nitrogens with zero attached hydrogens (tertiary/aromatic N) is 1. The fourth-order valence-electron chi connectivity index (χ4n) is 2.62. The zero-order chi connectivity index (χ0) is 21.5. The first-order chi connectivity index (χ1) is 14.4. The molecule has 1 unspecified atom stereocenters. The van der Waals surface area contributed by atoms with Crippen LogP contribution >= 0.6 is 23.2 Å². The standard InChI is InChI=1S/C22H16Cl2FN3O2/c23-16-10-17(24)12-19(11-16)27-22(30)21(15-2-1-9-26-13-15)28-20(29)8-5-14-3-6-18(25)7-4-14/h1-13,21H,(H,27,30)(H,28,29). The average molecular weight is 444 g/mol. The molecule has 0 aliphatic heterocycles. The Balaban J connectivity index is 1.77. The molecule has 0 spiro atoms. The minimum Gasteiger partial charge on any atom is -0.337 e. The van der Waals surface area contributed by atoms with E-state index >= 15 is 0 Å². The van der Waals surface area contributed by atoms with Crippen LogP contribution in [0.2, 0.25) is 10.0 Å². The van der Waals surface area contributed by atoms with Gasteiger partial charge in [0.05, 0.1) is 0 Å². The number of rotatable bonds is 6. The van der Waals surface area contributed by atoms with Crippen LogP contribution in [0, 0.1) is 5.82 Å². The van der Waals surface area contributed by atoms with E-state index in [1.165, 1.54) is 42.6 Å². The molecule has 2 amide bonds. The number of hydrogen-bond donors (Lipinski definition) is 2. The molecule has 0 fully saturated rings. The van der Waals surface area contributed by atoms with E-state index in [-0.39, 0.29) is 5.82 Å². The first-order valence-electron chi connectivity index (χ1n) is 8.82. The number of carbonyl (C=O) groups excluding carboxylic acids is 2. The van der Waals surface area contributed by atoms with Crippen LogP contribution in [0.1, 0.15) is 17.2 Å². The molecule has 1 aromatic heterocycles. The molecular weight excluding hydrogens is 428 g/mol. The molecule has 1 atom stereocenters. The third-order valence-electron chi connectivity index (χ3n) is 3.99. The number of benzene rings is 2. The highest BCUT2D eigenvalue weighted by molar-refractivity contribution is 6.35. The van der Waals surface area contributed by atoms with Crippen molar-refractivity contribution in [3.63, 3.8) is 0 Å². The van der Waals surface area contributed by atoms with Crippen molar-refractivity contribution in [1.29, 1.82) is 0 Å². The summed E-state index contributed by atoms with van der Waals surface area (Å²) in [6.07, 6.45) is 5.83. The lowest BCUT2D eigenvalue weighted by Gasteiger charge is -2.18. The van der Waals surface area contributed by atoms with Crippen LogP contribution in [0.3, 0.4) is 0 Å². The van der Waals surface area contributed by atoms with E-state index in [1.807, 2.05) is 0 Å². The second-order valence-electron chi connectivity index (χ2n) is 6.26. The summed E-state index contributed by atoms with van der Waals surface area (Å²) in [5.41, 5.74) is 1.52. The third-order valence-corrected chi connectivity index (χ3v) is 4.43. The molecule has 3 aromatic rings. The van der Waals surface area contributed by atoms with E-state index in [0.29, 0.717) is 26.9 Å². The van der Waals surface area contributed by atoms with Gasteiger partial charge in [-0.15, -0.1) is 0 Å². The molecule has 2 N–H and O–H groups in total. The molecule has 2 aromatic carbocycles. The Kier molecular flexibility index (Phi) is 7.17. The summed E-state index contributed by atoms with van der Waals surface area (Å²) in [6, 6.07) is 12.6. The van der Waals surface area contributed by atoms with Gasteiger partial charge < -0.3 is 10.6 Å². The fourth-order valence-corrected chi connectivity index (χ4v) is 3.15. The van der Waals surface area contributed by atoms with E-state index < -0.39 is 17.9 Å². The lowest BCUT2D eigenvalue weighted by molar-refractivity contribution is -0.124. The number of carbonyl (C=O) groups is 2. The topological polar surface area (TPSA) is 71.1 Å². The van der Waals surface area contributed by atoms with Crippen molar-refractivity contribution in [1.82, 2.24) is 10.3 Å². The van der Waals surface area contributed by atoms with Gasteiger partial charge in [-0.1, -0.05) is 41.4 Å². The van der Waals surface area contributed by atoms with Crippen molar-refractivity contribution in [2.45, 2.75) is 6.04 Å². The molecule has 0 aliphatic rings. The molecule has 1 heterocycles. The molecule has 8 heteroatoms. The smallest absolute Gasteiger partial charge is 0.251 e. The van der Waals surface area contributed by atoms with Gasteiger partial charge in [-0.25, -0.2) is 4.39 Å². The van der Waals surface area contributed by atoms with Crippen molar-refractivity contribution in [2.75, 3.05) is 5.32 Å². The largest absolute Gasteiger partial charge is 0.337 e. The Bertz CT molecular complexity index is 1050. The summed E-state index contributed by atoms with van der Waals surface area (Å²) in [5, 5.41) is 6.06. The van der Waals surface area contributed by atoms with Crippen LogP contribution in [0.5, 0.6) is 0 Å². The van der Waals surface area contributed by atoms with Crippen molar-refractivity contribution < 1.29 is 14.0 Å². The summed E-state index contributed by atoms with van der Waals surface area (Å²) in [5.74, 6) is -1.37. The predicted molar refractivity (Wildman–Crippen MR) is 116 cm³/mol. The lowest BCUT2D eigenvalue weighted by Crippen LogP contribution is -2.36. The predicted octanol–water partition coefficient (Wildman–Crippen LogP) is 5.04. The van der Waals surface area contributed by atoms with Gasteiger partial charge in [0.15, 0.2) is 0 Å². The first-order valence-corrected chi connectivity index (χ1v) is 9.57. The number of amides is 2. The Hall–Kier alpha value is -3.22. The van der Waals surface area contributed by atoms with Gasteiger partial charge in [0.2, 0.25) is 5.91 Å². The van der Waals surface area contributed by atoms with Crippen LogP contribution < -0.4 is 10.6 Å². The zero-order valence-electron chi connectivity index (χ0n) is 15.5. The Morgan fingerprint density at radius 3 is 2.37 bits per heavy atom. The molecule has 0 radical (unpaired) electrons. The molecule has 152 valence electrons. The number of nitrogens with one attached hydrogen (secondary N) is 2. The minimum atomic E-state index is -1.01. The normalized spacial score (nSPS) is 11.8. The average Bonchev–Trinajstić information content (AvgIpc) is 2.71. The maximum Gasteiger partial charge on any atom is 0.251 e. The molecule has 0 saturated heterocycles. The van der Waals surface area contributed by atoms with Gasteiger partial charge >= 0.3 is 0 Å². The molecule has 3 rings (SSSR count). The van der Waals surface area contributed by atoms with Gasteiger partial charge in [-0.3, -0.25) is 14.6 Å². The highest BCUT2D eigenvalue weighted by Gasteiger charge is 2.22. The maximum atomic E-state index is 13.0. The van der Waals surface area contributed by atoms with Gasteiger partial charge in [0, 0.05) is 39.8 Å². The highest BCUT2D eigenvalue weighted by Crippen LogP contribution is 2.24. The number of anilines is 1. The molecule has 0 aliphatic carbocycles. The van der Waals surface area contributed by atoms with E-state index in [1.54, 1.807) is 36.5 Å². The maximum absolute atomic E-state index is 13.0. The SMILES string of the molecule is O=C(C=Cc1ccc(F)cc1)NC(C(=O)Nc1cc(Cl)cc(Cl)c1)c1cccnc1. The van der Waals surface area contributed by atoms with E-state index in [9.17, 15) is 14.0 Å². The molecule has 30 heavy (non-hydrogen) atoms. The second-order valence-corrected chi connectivity index (χ2v) is 7.13. The van der Waals surface area contributed by atoms with Crippen molar-refractivity contribution in [3.05, 3.63) is 100 Å². The Morgan fingerprint density at radius 1 is 1.03 bits per heavy atom. The summed E-state index contributed by atoms with van der Waals surface area (Å²) >= 11 is 12.0. The third kappa shape index (κ3) is 6.14. The number of halogens is 3. The number of aromatic nitrogens is 1. The van der Waals surface area contributed by atoms with Gasteiger partial charge in [-0.2, -0.15) is 0 Å². The summed E-state index contributed by atoms with van der Waals surface area (Å²) < 4.78 is 13.0. The fraction of sp³-hybridized carbons (Fsp3) is 0.0455. The number of hydrogen-bond acceptors (Lipinski definition) is 3. The van der Waals surface area contributed by atoms with Crippen LogP contribution in [-0.2, 0) is 9.59 Å². The monoisotopic (exact) mass is 443 g/mol. The van der Waals surface area contributed by atoms with Crippen molar-refractivity contribution in [2.24, 2.45) is 0 Å². The molecule has 5 nitrogen and oxygen atoms in total. The van der Waals surface area contributed by atoms with E-state index in [2.05, 4.69) is 15.6 Å². The van der Waals surface area contributed by atoms with Crippen molar-refractivity contribution >= 4 is 46.8 Å². The second kappa shape index (κ2) is 10.0. The molecule has 0 saturated carbocycles. The quantitative estimate of drug-likeness (QED) is 0.524. The van der Waals surface area contributed by atoms with Crippen LogP contribution in [0.4, 0.5) is 10.1 Å².